The summed E-state index contributed by atoms with van der Waals surface area (Å²) in [5.41, 5.74) is 0. The SMILES string of the molecule is CCCCCCCOCC(NC(C)C)C(=O)OC. The number of hydrogen-bond acceptors (Lipinski definition) is 4. The second-order valence-corrected chi connectivity index (χ2v) is 4.89. The van der Waals surface area contributed by atoms with Crippen LogP contribution in [0.1, 0.15) is 52.9 Å². The zero-order chi connectivity index (χ0) is 13.8. The first kappa shape index (κ1) is 17.4. The standard InChI is InChI=1S/C14H29NO3/c1-5-6-7-8-9-10-18-11-13(14(16)17-4)15-12(2)3/h12-13,15H,5-11H2,1-4H3. The third-order valence-electron chi connectivity index (χ3n) is 2.70. The van der Waals surface area contributed by atoms with Crippen molar-refractivity contribution in [2.24, 2.45) is 0 Å². The predicted octanol–water partition coefficient (Wildman–Crippen LogP) is 2.51. The molecule has 0 rings (SSSR count). The van der Waals surface area contributed by atoms with Gasteiger partial charge in [-0.25, -0.2) is 0 Å². The highest BCUT2D eigenvalue weighted by Crippen LogP contribution is 2.03. The first-order chi connectivity index (χ1) is 8.61. The first-order valence-corrected chi connectivity index (χ1v) is 7.03. The Labute approximate surface area is 111 Å². The number of methoxy groups -OCH3 is 1. The topological polar surface area (TPSA) is 47.6 Å². The average Bonchev–Trinajstić information content (AvgIpc) is 2.34. The fraction of sp³-hybridized carbons (Fsp3) is 0.929. The molecular formula is C14H29NO3. The molecule has 0 aliphatic heterocycles. The maximum absolute atomic E-state index is 11.5. The van der Waals surface area contributed by atoms with Gasteiger partial charge >= 0.3 is 5.97 Å². The molecule has 0 aromatic heterocycles. The van der Waals surface area contributed by atoms with Gasteiger partial charge in [0.1, 0.15) is 6.04 Å². The summed E-state index contributed by atoms with van der Waals surface area (Å²) in [5.74, 6) is -0.255. The fourth-order valence-electron chi connectivity index (χ4n) is 1.74. The summed E-state index contributed by atoms with van der Waals surface area (Å²) in [6.07, 6.45) is 6.08. The van der Waals surface area contributed by atoms with Crippen LogP contribution in [-0.4, -0.2) is 38.4 Å². The van der Waals surface area contributed by atoms with Crippen LogP contribution in [0.3, 0.4) is 0 Å². The molecule has 4 heteroatoms. The smallest absolute Gasteiger partial charge is 0.325 e. The minimum Gasteiger partial charge on any atom is -0.468 e. The van der Waals surface area contributed by atoms with Gasteiger partial charge in [-0.1, -0.05) is 46.5 Å². The van der Waals surface area contributed by atoms with E-state index in [0.29, 0.717) is 6.61 Å². The van der Waals surface area contributed by atoms with Crippen molar-refractivity contribution in [2.45, 2.75) is 65.0 Å². The van der Waals surface area contributed by atoms with E-state index < -0.39 is 0 Å². The molecule has 1 N–H and O–H groups in total. The van der Waals surface area contributed by atoms with E-state index in [1.54, 1.807) is 0 Å². The number of ether oxygens (including phenoxy) is 2. The fourth-order valence-corrected chi connectivity index (χ4v) is 1.74. The van der Waals surface area contributed by atoms with Crippen LogP contribution < -0.4 is 5.32 Å². The van der Waals surface area contributed by atoms with Gasteiger partial charge < -0.3 is 14.8 Å². The largest absolute Gasteiger partial charge is 0.468 e. The van der Waals surface area contributed by atoms with Crippen LogP contribution >= 0.6 is 0 Å². The Balaban J connectivity index is 3.66. The van der Waals surface area contributed by atoms with E-state index in [4.69, 9.17) is 9.47 Å². The van der Waals surface area contributed by atoms with E-state index in [9.17, 15) is 4.79 Å². The number of esters is 1. The Kier molecular flexibility index (Phi) is 11.1. The summed E-state index contributed by atoms with van der Waals surface area (Å²) in [6.45, 7) is 7.31. The second kappa shape index (κ2) is 11.5. The molecule has 0 saturated heterocycles. The maximum Gasteiger partial charge on any atom is 0.325 e. The predicted molar refractivity (Wildman–Crippen MR) is 73.7 cm³/mol. The maximum atomic E-state index is 11.5. The van der Waals surface area contributed by atoms with Crippen LogP contribution in [0.2, 0.25) is 0 Å². The number of carbonyl (C=O) groups is 1. The van der Waals surface area contributed by atoms with E-state index in [1.165, 1.54) is 32.8 Å². The number of rotatable bonds is 11. The summed E-state index contributed by atoms with van der Waals surface area (Å²) >= 11 is 0. The molecule has 0 aromatic carbocycles. The minimum atomic E-state index is -0.356. The summed E-state index contributed by atoms with van der Waals surface area (Å²) in [5, 5.41) is 3.14. The minimum absolute atomic E-state index is 0.238. The summed E-state index contributed by atoms with van der Waals surface area (Å²) in [4.78, 5) is 11.5. The normalized spacial score (nSPS) is 12.7. The Morgan fingerprint density at radius 2 is 1.83 bits per heavy atom. The van der Waals surface area contributed by atoms with E-state index in [1.807, 2.05) is 13.8 Å². The monoisotopic (exact) mass is 259 g/mol. The molecule has 108 valence electrons. The van der Waals surface area contributed by atoms with Gasteiger partial charge in [-0.05, 0) is 6.42 Å². The number of nitrogens with one attached hydrogen (secondary N) is 1. The zero-order valence-corrected chi connectivity index (χ0v) is 12.3. The first-order valence-electron chi connectivity index (χ1n) is 7.03. The number of hydrogen-bond donors (Lipinski definition) is 1. The molecule has 18 heavy (non-hydrogen) atoms. The third kappa shape index (κ3) is 9.42. The molecule has 0 aliphatic carbocycles. The lowest BCUT2D eigenvalue weighted by Gasteiger charge is -2.18. The van der Waals surface area contributed by atoms with Gasteiger partial charge in [0.05, 0.1) is 13.7 Å². The van der Waals surface area contributed by atoms with Crippen molar-refractivity contribution in [3.63, 3.8) is 0 Å². The van der Waals surface area contributed by atoms with Gasteiger partial charge in [-0.15, -0.1) is 0 Å². The number of carbonyl (C=O) groups excluding carboxylic acids is 1. The van der Waals surface area contributed by atoms with E-state index >= 15 is 0 Å². The van der Waals surface area contributed by atoms with Crippen molar-refractivity contribution >= 4 is 5.97 Å². The Hall–Kier alpha value is -0.610. The molecule has 1 atom stereocenters. The van der Waals surface area contributed by atoms with Crippen molar-refractivity contribution in [3.05, 3.63) is 0 Å². The van der Waals surface area contributed by atoms with Crippen molar-refractivity contribution in [2.75, 3.05) is 20.3 Å². The van der Waals surface area contributed by atoms with Crippen molar-refractivity contribution in [1.29, 1.82) is 0 Å². The van der Waals surface area contributed by atoms with Gasteiger partial charge in [0.25, 0.3) is 0 Å². The van der Waals surface area contributed by atoms with Crippen molar-refractivity contribution in [1.82, 2.24) is 5.32 Å². The Morgan fingerprint density at radius 1 is 1.17 bits per heavy atom. The van der Waals surface area contributed by atoms with Crippen LogP contribution in [0.4, 0.5) is 0 Å². The van der Waals surface area contributed by atoms with Crippen LogP contribution in [0.25, 0.3) is 0 Å². The highest BCUT2D eigenvalue weighted by molar-refractivity contribution is 5.75. The zero-order valence-electron chi connectivity index (χ0n) is 12.3. The van der Waals surface area contributed by atoms with Crippen molar-refractivity contribution in [3.8, 4) is 0 Å². The molecular weight excluding hydrogens is 230 g/mol. The van der Waals surface area contributed by atoms with Crippen LogP contribution in [0.15, 0.2) is 0 Å². The third-order valence-corrected chi connectivity index (χ3v) is 2.70. The molecule has 0 aromatic rings. The summed E-state index contributed by atoms with van der Waals surface area (Å²) in [7, 11) is 1.40. The lowest BCUT2D eigenvalue weighted by Crippen LogP contribution is -2.44. The van der Waals surface area contributed by atoms with E-state index in [-0.39, 0.29) is 18.1 Å². The Bertz CT molecular complexity index is 207. The molecule has 0 spiro atoms. The Morgan fingerprint density at radius 3 is 2.39 bits per heavy atom. The average molecular weight is 259 g/mol. The van der Waals surface area contributed by atoms with Gasteiger partial charge in [-0.3, -0.25) is 4.79 Å². The summed E-state index contributed by atoms with van der Waals surface area (Å²) < 4.78 is 10.3. The van der Waals surface area contributed by atoms with E-state index in [2.05, 4.69) is 12.2 Å². The molecule has 0 amide bonds. The molecule has 0 aliphatic rings. The molecule has 1 unspecified atom stereocenters. The van der Waals surface area contributed by atoms with Gasteiger partial charge in [-0.2, -0.15) is 0 Å². The summed E-state index contributed by atoms with van der Waals surface area (Å²) in [6, 6.07) is -0.118. The van der Waals surface area contributed by atoms with Crippen LogP contribution in [0, 0.1) is 0 Å². The van der Waals surface area contributed by atoms with Crippen LogP contribution in [0.5, 0.6) is 0 Å². The quantitative estimate of drug-likeness (QED) is 0.457. The molecule has 0 radical (unpaired) electrons. The van der Waals surface area contributed by atoms with Gasteiger partial charge in [0, 0.05) is 12.6 Å². The highest BCUT2D eigenvalue weighted by atomic mass is 16.5. The lowest BCUT2D eigenvalue weighted by atomic mass is 10.2. The van der Waals surface area contributed by atoms with E-state index in [0.717, 1.165) is 13.0 Å². The van der Waals surface area contributed by atoms with Crippen LogP contribution in [-0.2, 0) is 14.3 Å². The molecule has 4 nitrogen and oxygen atoms in total. The number of unbranched alkanes of at least 4 members (excludes halogenated alkanes) is 4. The molecule has 0 saturated carbocycles. The molecule has 0 heterocycles. The second-order valence-electron chi connectivity index (χ2n) is 4.89. The van der Waals surface area contributed by atoms with Gasteiger partial charge in [0.2, 0.25) is 0 Å². The molecule has 0 bridgehead atoms. The molecule has 0 fully saturated rings. The van der Waals surface area contributed by atoms with Crippen molar-refractivity contribution < 1.29 is 14.3 Å². The van der Waals surface area contributed by atoms with Gasteiger partial charge in [0.15, 0.2) is 0 Å². The highest BCUT2D eigenvalue weighted by Gasteiger charge is 2.19. The lowest BCUT2D eigenvalue weighted by molar-refractivity contribution is -0.145.